The zero-order valence-corrected chi connectivity index (χ0v) is 14.2. The van der Waals surface area contributed by atoms with Crippen LogP contribution in [0.15, 0.2) is 42.5 Å². The van der Waals surface area contributed by atoms with Crippen molar-refractivity contribution >= 4 is 29.1 Å². The maximum Gasteiger partial charge on any atom is 0.255 e. The van der Waals surface area contributed by atoms with Gasteiger partial charge in [-0.15, -0.1) is 0 Å². The zero-order chi connectivity index (χ0) is 18.0. The lowest BCUT2D eigenvalue weighted by Gasteiger charge is -2.17. The summed E-state index contributed by atoms with van der Waals surface area (Å²) in [7, 11) is 1.47. The highest BCUT2D eigenvalue weighted by Gasteiger charge is 2.32. The zero-order valence-electron chi connectivity index (χ0n) is 13.5. The van der Waals surface area contributed by atoms with Gasteiger partial charge in [0.1, 0.15) is 11.6 Å². The van der Waals surface area contributed by atoms with E-state index in [-0.39, 0.29) is 30.1 Å². The molecule has 0 saturated carbocycles. The van der Waals surface area contributed by atoms with Crippen LogP contribution < -0.4 is 15.0 Å². The number of methoxy groups -OCH3 is 1. The van der Waals surface area contributed by atoms with Gasteiger partial charge in [0.25, 0.3) is 5.91 Å². The van der Waals surface area contributed by atoms with Crippen LogP contribution in [0.4, 0.5) is 10.1 Å². The summed E-state index contributed by atoms with van der Waals surface area (Å²) in [6.45, 7) is 0.319. The van der Waals surface area contributed by atoms with Crippen molar-refractivity contribution in [1.82, 2.24) is 5.32 Å². The molecule has 0 radical (unpaired) electrons. The Kier molecular flexibility index (Phi) is 4.90. The third-order valence-corrected chi connectivity index (χ3v) is 4.24. The number of ether oxygens (including phenoxy) is 1. The highest BCUT2D eigenvalue weighted by Crippen LogP contribution is 2.25. The monoisotopic (exact) mass is 362 g/mol. The summed E-state index contributed by atoms with van der Waals surface area (Å²) in [4.78, 5) is 26.2. The summed E-state index contributed by atoms with van der Waals surface area (Å²) in [6, 6.07) is 10.1. The number of anilines is 1. The van der Waals surface area contributed by atoms with E-state index in [9.17, 15) is 14.0 Å². The van der Waals surface area contributed by atoms with E-state index in [0.717, 1.165) is 0 Å². The van der Waals surface area contributed by atoms with Gasteiger partial charge >= 0.3 is 0 Å². The second-order valence-electron chi connectivity index (χ2n) is 5.70. The molecule has 25 heavy (non-hydrogen) atoms. The molecule has 7 heteroatoms. The van der Waals surface area contributed by atoms with Crippen molar-refractivity contribution < 1.29 is 18.7 Å². The smallest absolute Gasteiger partial charge is 0.255 e. The molecule has 1 atom stereocenters. The van der Waals surface area contributed by atoms with Crippen molar-refractivity contribution in [3.05, 3.63) is 58.9 Å². The van der Waals surface area contributed by atoms with Crippen molar-refractivity contribution in [2.75, 3.05) is 18.6 Å². The first kappa shape index (κ1) is 17.2. The van der Waals surface area contributed by atoms with Gasteiger partial charge in [0.2, 0.25) is 5.91 Å². The highest BCUT2D eigenvalue weighted by molar-refractivity contribution is 6.31. The third-order valence-electron chi connectivity index (χ3n) is 4.00. The van der Waals surface area contributed by atoms with Crippen LogP contribution in [0.5, 0.6) is 5.75 Å². The Labute approximate surface area is 149 Å². The molecule has 2 aromatic rings. The average Bonchev–Trinajstić information content (AvgIpc) is 2.95. The summed E-state index contributed by atoms with van der Waals surface area (Å²) in [5.41, 5.74) is 0.908. The maximum atomic E-state index is 13.0. The van der Waals surface area contributed by atoms with E-state index in [1.54, 1.807) is 12.1 Å². The summed E-state index contributed by atoms with van der Waals surface area (Å²) in [6.07, 6.45) is 0.173. The van der Waals surface area contributed by atoms with E-state index in [1.165, 1.54) is 42.3 Å². The predicted molar refractivity (Wildman–Crippen MR) is 92.6 cm³/mol. The molecule has 0 unspecified atom stereocenters. The van der Waals surface area contributed by atoms with Crippen LogP contribution in [-0.4, -0.2) is 31.5 Å². The van der Waals surface area contributed by atoms with Crippen LogP contribution in [0.25, 0.3) is 0 Å². The number of hydrogen-bond acceptors (Lipinski definition) is 3. The minimum Gasteiger partial charge on any atom is -0.496 e. The first-order valence-corrected chi connectivity index (χ1v) is 8.06. The lowest BCUT2D eigenvalue weighted by molar-refractivity contribution is -0.117. The summed E-state index contributed by atoms with van der Waals surface area (Å²) < 4.78 is 18.2. The number of nitrogens with zero attached hydrogens (tertiary/aromatic N) is 1. The van der Waals surface area contributed by atoms with E-state index in [1.807, 2.05) is 0 Å². The summed E-state index contributed by atoms with van der Waals surface area (Å²) in [5.74, 6) is -0.456. The molecule has 1 heterocycles. The maximum absolute atomic E-state index is 13.0. The van der Waals surface area contributed by atoms with Crippen molar-refractivity contribution in [2.45, 2.75) is 12.5 Å². The summed E-state index contributed by atoms with van der Waals surface area (Å²) >= 11 is 5.95. The molecule has 0 spiro atoms. The molecule has 5 nitrogen and oxygen atoms in total. The normalized spacial score (nSPS) is 16.8. The highest BCUT2D eigenvalue weighted by atomic mass is 35.5. The minimum atomic E-state index is -0.367. The molecule has 130 valence electrons. The molecule has 1 aliphatic heterocycles. The minimum absolute atomic E-state index is 0.130. The Balaban J connectivity index is 1.72. The fraction of sp³-hybridized carbons (Fsp3) is 0.222. The Bertz CT molecular complexity index is 810. The number of halogens is 2. The van der Waals surface area contributed by atoms with Gasteiger partial charge in [0, 0.05) is 23.7 Å². The predicted octanol–water partition coefficient (Wildman–Crippen LogP) is 3.02. The van der Waals surface area contributed by atoms with E-state index in [0.29, 0.717) is 28.6 Å². The van der Waals surface area contributed by atoms with Crippen molar-refractivity contribution in [3.63, 3.8) is 0 Å². The van der Waals surface area contributed by atoms with Crippen molar-refractivity contribution in [2.24, 2.45) is 0 Å². The van der Waals surface area contributed by atoms with Gasteiger partial charge in [-0.1, -0.05) is 11.6 Å². The van der Waals surface area contributed by atoms with Crippen LogP contribution in [0.1, 0.15) is 16.8 Å². The van der Waals surface area contributed by atoms with Gasteiger partial charge in [-0.05, 0) is 42.5 Å². The van der Waals surface area contributed by atoms with Crippen LogP contribution in [0, 0.1) is 5.82 Å². The molecule has 0 aromatic heterocycles. The fourth-order valence-electron chi connectivity index (χ4n) is 2.80. The molecular formula is C18H16ClFN2O3. The van der Waals surface area contributed by atoms with Gasteiger partial charge in [-0.2, -0.15) is 0 Å². The van der Waals surface area contributed by atoms with Crippen LogP contribution in [0.3, 0.4) is 0 Å². The average molecular weight is 363 g/mol. The Morgan fingerprint density at radius 3 is 2.68 bits per heavy atom. The van der Waals surface area contributed by atoms with Gasteiger partial charge in [-0.3, -0.25) is 9.59 Å². The van der Waals surface area contributed by atoms with Gasteiger partial charge in [0.15, 0.2) is 0 Å². The van der Waals surface area contributed by atoms with Crippen LogP contribution >= 0.6 is 11.6 Å². The number of hydrogen-bond donors (Lipinski definition) is 1. The van der Waals surface area contributed by atoms with Crippen molar-refractivity contribution in [1.29, 1.82) is 0 Å². The molecule has 2 amide bonds. The van der Waals surface area contributed by atoms with Gasteiger partial charge < -0.3 is 15.0 Å². The number of rotatable bonds is 4. The van der Waals surface area contributed by atoms with Crippen molar-refractivity contribution in [3.8, 4) is 5.75 Å². The third kappa shape index (κ3) is 3.74. The Morgan fingerprint density at radius 1 is 1.28 bits per heavy atom. The first-order chi connectivity index (χ1) is 12.0. The second-order valence-corrected chi connectivity index (χ2v) is 6.14. The number of amides is 2. The molecule has 1 N–H and O–H groups in total. The van der Waals surface area contributed by atoms with E-state index < -0.39 is 0 Å². The fourth-order valence-corrected chi connectivity index (χ4v) is 2.97. The molecular weight excluding hydrogens is 347 g/mol. The molecule has 0 aliphatic carbocycles. The van der Waals surface area contributed by atoms with Gasteiger partial charge in [-0.25, -0.2) is 4.39 Å². The molecule has 1 aliphatic rings. The number of nitrogens with one attached hydrogen (secondary N) is 1. The second kappa shape index (κ2) is 7.11. The molecule has 1 saturated heterocycles. The lowest BCUT2D eigenvalue weighted by Crippen LogP contribution is -2.37. The quantitative estimate of drug-likeness (QED) is 0.909. The van der Waals surface area contributed by atoms with E-state index >= 15 is 0 Å². The van der Waals surface area contributed by atoms with Crippen LogP contribution in [-0.2, 0) is 4.79 Å². The van der Waals surface area contributed by atoms with Gasteiger partial charge in [0.05, 0.1) is 18.7 Å². The Morgan fingerprint density at radius 2 is 2.00 bits per heavy atom. The number of benzene rings is 2. The lowest BCUT2D eigenvalue weighted by atomic mass is 10.1. The number of carbonyl (C=O) groups excluding carboxylic acids is 2. The van der Waals surface area contributed by atoms with E-state index in [4.69, 9.17) is 16.3 Å². The molecule has 0 bridgehead atoms. The van der Waals surface area contributed by atoms with Crippen LogP contribution in [0.2, 0.25) is 5.02 Å². The topological polar surface area (TPSA) is 58.6 Å². The standard InChI is InChI=1S/C18H16ClFN2O3/c1-25-16-7-2-11(19)8-15(16)18(24)21-13-9-17(23)22(10-13)14-5-3-12(20)4-6-14/h2-8,13H,9-10H2,1H3,(H,21,24)/t13-/m0/s1. The molecule has 3 rings (SSSR count). The SMILES string of the molecule is COc1ccc(Cl)cc1C(=O)N[C@H]1CC(=O)N(c2ccc(F)cc2)C1. The largest absolute Gasteiger partial charge is 0.496 e. The first-order valence-electron chi connectivity index (χ1n) is 7.68. The summed E-state index contributed by atoms with van der Waals surface area (Å²) in [5, 5.41) is 3.24. The van der Waals surface area contributed by atoms with E-state index in [2.05, 4.69) is 5.32 Å². The molecule has 2 aromatic carbocycles. The number of carbonyl (C=O) groups is 2. The molecule has 1 fully saturated rings. The Hall–Kier alpha value is -2.60.